The molecule has 0 amide bonds. The molecule has 30 heavy (non-hydrogen) atoms. The molecule has 0 atom stereocenters. The molecule has 6 nitrogen and oxygen atoms in total. The van der Waals surface area contributed by atoms with Gasteiger partial charge in [0, 0.05) is 25.8 Å². The lowest BCUT2D eigenvalue weighted by atomic mass is 10.2. The Labute approximate surface area is 202 Å². The van der Waals surface area contributed by atoms with Crippen LogP contribution in [0.5, 0.6) is 5.75 Å². The third-order valence-corrected chi connectivity index (χ3v) is 4.42. The molecule has 0 radical (unpaired) electrons. The molecule has 2 rings (SSSR count). The molecule has 1 aromatic heterocycles. The van der Waals surface area contributed by atoms with E-state index in [1.807, 2.05) is 24.3 Å². The van der Waals surface area contributed by atoms with Gasteiger partial charge in [0.2, 0.25) is 0 Å². The number of guanidine groups is 1. The van der Waals surface area contributed by atoms with Crippen LogP contribution in [0.3, 0.4) is 0 Å². The predicted molar refractivity (Wildman–Crippen MR) is 136 cm³/mol. The van der Waals surface area contributed by atoms with E-state index in [0.29, 0.717) is 11.7 Å². The fourth-order valence-corrected chi connectivity index (χ4v) is 2.77. The summed E-state index contributed by atoms with van der Waals surface area (Å²) in [5, 5.41) is 7.15. The number of aliphatic imine (C=N–C) groups is 1. The zero-order chi connectivity index (χ0) is 20.9. The Hall–Kier alpha value is -1.58. The molecule has 8 heteroatoms. The van der Waals surface area contributed by atoms with Crippen molar-refractivity contribution in [3.05, 3.63) is 58.9 Å². The van der Waals surface area contributed by atoms with E-state index < -0.39 is 0 Å². The summed E-state index contributed by atoms with van der Waals surface area (Å²) in [4.78, 5) is 10.9. The third kappa shape index (κ3) is 11.0. The monoisotopic (exact) mass is 545 g/mol. The number of nitrogens with one attached hydrogen (secondary N) is 2. The molecule has 0 bridgehead atoms. The van der Waals surface area contributed by atoms with E-state index in [0.717, 1.165) is 61.9 Å². The lowest BCUT2D eigenvalue weighted by molar-refractivity contribution is 0.281. The predicted octanol–water partition coefficient (Wildman–Crippen LogP) is 3.98. The lowest BCUT2D eigenvalue weighted by Gasteiger charge is -2.12. The lowest BCUT2D eigenvalue weighted by Crippen LogP contribution is -2.38. The first kappa shape index (κ1) is 26.5. The van der Waals surface area contributed by atoms with Gasteiger partial charge < -0.3 is 20.3 Å². The van der Waals surface area contributed by atoms with E-state index in [1.54, 1.807) is 6.20 Å². The third-order valence-electron chi connectivity index (χ3n) is 4.20. The van der Waals surface area contributed by atoms with Crippen molar-refractivity contribution in [2.75, 3.05) is 40.3 Å². The summed E-state index contributed by atoms with van der Waals surface area (Å²) in [6, 6.07) is 11.9. The normalized spacial score (nSPS) is 11.2. The van der Waals surface area contributed by atoms with Crippen LogP contribution in [0.1, 0.15) is 24.5 Å². The highest BCUT2D eigenvalue weighted by molar-refractivity contribution is 14.0. The minimum absolute atomic E-state index is 0. The molecular formula is C22H33ClIN5O. The average molecular weight is 546 g/mol. The van der Waals surface area contributed by atoms with Crippen LogP contribution in [0.4, 0.5) is 0 Å². The van der Waals surface area contributed by atoms with E-state index in [4.69, 9.17) is 16.3 Å². The summed E-state index contributed by atoms with van der Waals surface area (Å²) in [6.07, 6.45) is 3.68. The van der Waals surface area contributed by atoms with Crippen LogP contribution < -0.4 is 15.4 Å². The Kier molecular flexibility index (Phi) is 13.5. The molecule has 0 saturated heterocycles. The second kappa shape index (κ2) is 15.3. The molecule has 0 aliphatic heterocycles. The Morgan fingerprint density at radius 2 is 1.83 bits per heavy atom. The summed E-state index contributed by atoms with van der Waals surface area (Å²) in [5.74, 6) is 1.71. The van der Waals surface area contributed by atoms with Gasteiger partial charge in [0.05, 0.1) is 13.2 Å². The van der Waals surface area contributed by atoms with Gasteiger partial charge in [-0.25, -0.2) is 9.98 Å². The van der Waals surface area contributed by atoms with Crippen molar-refractivity contribution in [1.82, 2.24) is 20.5 Å². The molecule has 1 aromatic carbocycles. The maximum atomic E-state index is 5.82. The number of hydrogen-bond donors (Lipinski definition) is 2. The highest BCUT2D eigenvalue weighted by Crippen LogP contribution is 2.13. The Morgan fingerprint density at radius 1 is 1.10 bits per heavy atom. The van der Waals surface area contributed by atoms with Crippen molar-refractivity contribution in [3.63, 3.8) is 0 Å². The molecule has 0 unspecified atom stereocenters. The molecule has 166 valence electrons. The number of hydrogen-bond acceptors (Lipinski definition) is 4. The maximum Gasteiger partial charge on any atom is 0.191 e. The van der Waals surface area contributed by atoms with Gasteiger partial charge in [0.1, 0.15) is 10.9 Å². The SMILES string of the molecule is CCNC(=NCc1ccc(OCCCN(C)C)cc1)NCCc1ccc(Cl)nc1.I. The van der Waals surface area contributed by atoms with Crippen LogP contribution in [0.25, 0.3) is 0 Å². The minimum Gasteiger partial charge on any atom is -0.494 e. The molecule has 0 fully saturated rings. The summed E-state index contributed by atoms with van der Waals surface area (Å²) in [5.41, 5.74) is 2.28. The van der Waals surface area contributed by atoms with Gasteiger partial charge in [-0.2, -0.15) is 0 Å². The molecule has 2 aromatic rings. The van der Waals surface area contributed by atoms with Gasteiger partial charge in [-0.3, -0.25) is 0 Å². The van der Waals surface area contributed by atoms with Crippen molar-refractivity contribution in [3.8, 4) is 5.75 Å². The van der Waals surface area contributed by atoms with Gasteiger partial charge in [-0.05, 0) is 63.2 Å². The van der Waals surface area contributed by atoms with Crippen LogP contribution in [-0.4, -0.2) is 56.2 Å². The van der Waals surface area contributed by atoms with Gasteiger partial charge in [0.25, 0.3) is 0 Å². The summed E-state index contributed by atoms with van der Waals surface area (Å²) in [6.45, 7) is 6.01. The minimum atomic E-state index is 0. The Balaban J connectivity index is 0.00000450. The zero-order valence-electron chi connectivity index (χ0n) is 18.0. The van der Waals surface area contributed by atoms with Crippen molar-refractivity contribution in [1.29, 1.82) is 0 Å². The van der Waals surface area contributed by atoms with Crippen LogP contribution in [0.15, 0.2) is 47.6 Å². The maximum absolute atomic E-state index is 5.82. The number of rotatable bonds is 11. The first-order valence-corrected chi connectivity index (χ1v) is 10.4. The van der Waals surface area contributed by atoms with Gasteiger partial charge in [-0.15, -0.1) is 24.0 Å². The molecule has 1 heterocycles. The average Bonchev–Trinajstić information content (AvgIpc) is 2.71. The Bertz CT molecular complexity index is 738. The van der Waals surface area contributed by atoms with Crippen molar-refractivity contribution in [2.24, 2.45) is 4.99 Å². The number of benzene rings is 1. The fraction of sp³-hybridized carbons (Fsp3) is 0.455. The molecule has 0 aliphatic rings. The summed E-state index contributed by atoms with van der Waals surface area (Å²) < 4.78 is 5.78. The number of pyridine rings is 1. The van der Waals surface area contributed by atoms with E-state index >= 15 is 0 Å². The summed E-state index contributed by atoms with van der Waals surface area (Å²) >= 11 is 5.82. The second-order valence-electron chi connectivity index (χ2n) is 7.01. The van der Waals surface area contributed by atoms with Crippen LogP contribution in [0.2, 0.25) is 5.15 Å². The highest BCUT2D eigenvalue weighted by Gasteiger charge is 2.00. The van der Waals surface area contributed by atoms with Crippen molar-refractivity contribution >= 4 is 41.5 Å². The van der Waals surface area contributed by atoms with E-state index in [2.05, 4.69) is 58.7 Å². The number of ether oxygens (including phenoxy) is 1. The summed E-state index contributed by atoms with van der Waals surface area (Å²) in [7, 11) is 4.14. The van der Waals surface area contributed by atoms with E-state index in [9.17, 15) is 0 Å². The largest absolute Gasteiger partial charge is 0.494 e. The number of aromatic nitrogens is 1. The number of nitrogens with zero attached hydrogens (tertiary/aromatic N) is 3. The molecule has 2 N–H and O–H groups in total. The molecule has 0 aliphatic carbocycles. The Morgan fingerprint density at radius 3 is 2.47 bits per heavy atom. The topological polar surface area (TPSA) is 61.8 Å². The quantitative estimate of drug-likeness (QED) is 0.147. The first-order chi connectivity index (χ1) is 14.1. The van der Waals surface area contributed by atoms with E-state index in [-0.39, 0.29) is 24.0 Å². The van der Waals surface area contributed by atoms with Crippen LogP contribution in [0, 0.1) is 0 Å². The second-order valence-corrected chi connectivity index (χ2v) is 7.40. The van der Waals surface area contributed by atoms with Crippen molar-refractivity contribution in [2.45, 2.75) is 26.3 Å². The van der Waals surface area contributed by atoms with Gasteiger partial charge >= 0.3 is 0 Å². The molecular weight excluding hydrogens is 513 g/mol. The smallest absolute Gasteiger partial charge is 0.191 e. The molecule has 0 saturated carbocycles. The van der Waals surface area contributed by atoms with Gasteiger partial charge in [-0.1, -0.05) is 29.8 Å². The highest BCUT2D eigenvalue weighted by atomic mass is 127. The van der Waals surface area contributed by atoms with Crippen molar-refractivity contribution < 1.29 is 4.74 Å². The van der Waals surface area contributed by atoms with Crippen LogP contribution >= 0.6 is 35.6 Å². The van der Waals surface area contributed by atoms with Crippen LogP contribution in [-0.2, 0) is 13.0 Å². The first-order valence-electron chi connectivity index (χ1n) is 10.1. The number of halogens is 2. The van der Waals surface area contributed by atoms with E-state index in [1.165, 1.54) is 0 Å². The molecule has 0 spiro atoms. The zero-order valence-corrected chi connectivity index (χ0v) is 21.1. The standard InChI is InChI=1S/C22H32ClN5O.HI/c1-4-24-22(25-13-12-19-8-11-21(23)26-16-19)27-17-18-6-9-20(10-7-18)29-15-5-14-28(2)3;/h6-11,16H,4-5,12-15,17H2,1-3H3,(H2,24,25,27);1H. The fourth-order valence-electron chi connectivity index (χ4n) is 2.65. The van der Waals surface area contributed by atoms with Gasteiger partial charge in [0.15, 0.2) is 5.96 Å².